The second-order valence-electron chi connectivity index (χ2n) is 7.63. The fraction of sp³-hybridized carbons (Fsp3) is 0.292. The van der Waals surface area contributed by atoms with Gasteiger partial charge < -0.3 is 9.64 Å². The summed E-state index contributed by atoms with van der Waals surface area (Å²) in [6, 6.07) is 16.4. The molecular formula is C24H24FN3O3S. The number of ether oxygens (including phenoxy) is 1. The van der Waals surface area contributed by atoms with E-state index >= 15 is 0 Å². The van der Waals surface area contributed by atoms with Crippen molar-refractivity contribution in [2.75, 3.05) is 32.8 Å². The maximum atomic E-state index is 13.4. The van der Waals surface area contributed by atoms with Crippen molar-refractivity contribution in [3.8, 4) is 10.6 Å². The van der Waals surface area contributed by atoms with E-state index in [-0.39, 0.29) is 24.8 Å². The van der Waals surface area contributed by atoms with Gasteiger partial charge in [0.05, 0.1) is 12.1 Å². The molecule has 0 radical (unpaired) electrons. The van der Waals surface area contributed by atoms with Gasteiger partial charge in [0.2, 0.25) is 0 Å². The zero-order valence-corrected chi connectivity index (χ0v) is 18.4. The summed E-state index contributed by atoms with van der Waals surface area (Å²) in [6.45, 7) is 3.41. The molecule has 0 unspecified atom stereocenters. The topological polar surface area (TPSA) is 62.7 Å². The van der Waals surface area contributed by atoms with Crippen molar-refractivity contribution in [2.24, 2.45) is 0 Å². The van der Waals surface area contributed by atoms with E-state index in [1.165, 1.54) is 29.0 Å². The summed E-state index contributed by atoms with van der Waals surface area (Å²) in [4.78, 5) is 33.0. The second kappa shape index (κ2) is 10.5. The van der Waals surface area contributed by atoms with Crippen LogP contribution in [0.2, 0.25) is 0 Å². The lowest BCUT2D eigenvalue weighted by atomic mass is 10.2. The Balaban J connectivity index is 1.20. The predicted octanol–water partition coefficient (Wildman–Crippen LogP) is 3.38. The Hall–Kier alpha value is -3.10. The Morgan fingerprint density at radius 3 is 2.56 bits per heavy atom. The largest absolute Gasteiger partial charge is 0.455 e. The molecule has 1 aliphatic heterocycles. The molecule has 4 rings (SSSR count). The van der Waals surface area contributed by atoms with Crippen molar-refractivity contribution in [1.82, 2.24) is 14.8 Å². The van der Waals surface area contributed by atoms with Crippen LogP contribution in [0.1, 0.15) is 11.3 Å². The average Bonchev–Trinajstić information content (AvgIpc) is 3.27. The van der Waals surface area contributed by atoms with Crippen LogP contribution in [-0.2, 0) is 27.3 Å². The number of amides is 1. The maximum Gasteiger partial charge on any atom is 0.312 e. The molecule has 0 aliphatic carbocycles. The van der Waals surface area contributed by atoms with Crippen LogP contribution in [-0.4, -0.2) is 59.4 Å². The summed E-state index contributed by atoms with van der Waals surface area (Å²) >= 11 is 1.34. The molecule has 0 bridgehead atoms. The highest BCUT2D eigenvalue weighted by Gasteiger charge is 2.22. The Kier molecular flexibility index (Phi) is 7.24. The first-order chi connectivity index (χ1) is 15.6. The SMILES string of the molecule is O=C(Cc1csc(-c2cccc(F)c2)n1)OCC(=O)N1CCN(Cc2ccccc2)CC1. The van der Waals surface area contributed by atoms with Gasteiger partial charge in [0.15, 0.2) is 6.61 Å². The molecule has 0 saturated carbocycles. The van der Waals surface area contributed by atoms with Gasteiger partial charge in [0.1, 0.15) is 10.8 Å². The first-order valence-electron chi connectivity index (χ1n) is 10.5. The van der Waals surface area contributed by atoms with Gasteiger partial charge in [-0.25, -0.2) is 9.37 Å². The van der Waals surface area contributed by atoms with E-state index in [2.05, 4.69) is 22.0 Å². The van der Waals surface area contributed by atoms with E-state index in [1.54, 1.807) is 22.4 Å². The highest BCUT2D eigenvalue weighted by Crippen LogP contribution is 2.24. The fourth-order valence-electron chi connectivity index (χ4n) is 3.57. The number of thiazole rings is 1. The molecule has 1 aliphatic rings. The number of esters is 1. The van der Waals surface area contributed by atoms with E-state index in [4.69, 9.17) is 4.74 Å². The van der Waals surface area contributed by atoms with Crippen LogP contribution in [0.4, 0.5) is 4.39 Å². The molecule has 0 N–H and O–H groups in total. The molecule has 6 nitrogen and oxygen atoms in total. The van der Waals surface area contributed by atoms with Crippen molar-refractivity contribution in [3.63, 3.8) is 0 Å². The Bertz CT molecular complexity index is 1070. The van der Waals surface area contributed by atoms with Crippen LogP contribution >= 0.6 is 11.3 Å². The predicted molar refractivity (Wildman–Crippen MR) is 120 cm³/mol. The minimum absolute atomic E-state index is 0.0239. The van der Waals surface area contributed by atoms with Crippen molar-refractivity contribution < 1.29 is 18.7 Å². The van der Waals surface area contributed by atoms with Crippen LogP contribution < -0.4 is 0 Å². The number of carbonyl (C=O) groups is 2. The molecule has 0 spiro atoms. The summed E-state index contributed by atoms with van der Waals surface area (Å²) in [7, 11) is 0. The van der Waals surface area contributed by atoms with E-state index in [0.717, 1.165) is 19.6 Å². The molecule has 1 fully saturated rings. The van der Waals surface area contributed by atoms with Crippen LogP contribution in [0, 0.1) is 5.82 Å². The van der Waals surface area contributed by atoms with Crippen LogP contribution in [0.25, 0.3) is 10.6 Å². The van der Waals surface area contributed by atoms with Gasteiger partial charge in [-0.2, -0.15) is 0 Å². The minimum atomic E-state index is -0.503. The molecule has 166 valence electrons. The molecule has 3 aromatic rings. The number of aromatic nitrogens is 1. The van der Waals surface area contributed by atoms with Crippen LogP contribution in [0.3, 0.4) is 0 Å². The molecule has 2 aromatic carbocycles. The molecule has 32 heavy (non-hydrogen) atoms. The molecule has 1 amide bonds. The van der Waals surface area contributed by atoms with E-state index in [0.29, 0.717) is 29.4 Å². The molecule has 0 atom stereocenters. The second-order valence-corrected chi connectivity index (χ2v) is 8.49. The Morgan fingerprint density at radius 1 is 1.03 bits per heavy atom. The quantitative estimate of drug-likeness (QED) is 0.514. The number of hydrogen-bond donors (Lipinski definition) is 0. The molecule has 2 heterocycles. The smallest absolute Gasteiger partial charge is 0.312 e. The lowest BCUT2D eigenvalue weighted by molar-refractivity contribution is -0.152. The van der Waals surface area contributed by atoms with Gasteiger partial charge in [-0.15, -0.1) is 11.3 Å². The number of piperazine rings is 1. The maximum absolute atomic E-state index is 13.4. The first-order valence-corrected chi connectivity index (χ1v) is 11.3. The van der Waals surface area contributed by atoms with Gasteiger partial charge >= 0.3 is 5.97 Å². The van der Waals surface area contributed by atoms with Gasteiger partial charge in [-0.3, -0.25) is 14.5 Å². The highest BCUT2D eigenvalue weighted by molar-refractivity contribution is 7.13. The summed E-state index contributed by atoms with van der Waals surface area (Å²) in [5.74, 6) is -1.02. The standard InChI is InChI=1S/C24H24FN3O3S/c25-20-8-4-7-19(13-20)24-26-21(17-32-24)14-23(30)31-16-22(29)28-11-9-27(10-12-28)15-18-5-2-1-3-6-18/h1-8,13,17H,9-12,14-16H2. The lowest BCUT2D eigenvalue weighted by Gasteiger charge is -2.34. The van der Waals surface area contributed by atoms with Crippen molar-refractivity contribution in [1.29, 1.82) is 0 Å². The Morgan fingerprint density at radius 2 is 1.81 bits per heavy atom. The van der Waals surface area contributed by atoms with Crippen molar-refractivity contribution in [3.05, 3.63) is 77.1 Å². The molecule has 1 saturated heterocycles. The molecule has 1 aromatic heterocycles. The number of rotatable bonds is 7. The average molecular weight is 454 g/mol. The van der Waals surface area contributed by atoms with Gasteiger partial charge in [-0.1, -0.05) is 42.5 Å². The third-order valence-electron chi connectivity index (χ3n) is 5.28. The van der Waals surface area contributed by atoms with E-state index < -0.39 is 5.97 Å². The lowest BCUT2D eigenvalue weighted by Crippen LogP contribution is -2.49. The third-order valence-corrected chi connectivity index (χ3v) is 6.22. The third kappa shape index (κ3) is 5.99. The number of benzene rings is 2. The molecule has 8 heteroatoms. The fourth-order valence-corrected chi connectivity index (χ4v) is 4.39. The highest BCUT2D eigenvalue weighted by atomic mass is 32.1. The summed E-state index contributed by atoms with van der Waals surface area (Å²) in [5, 5.41) is 2.38. The van der Waals surface area contributed by atoms with E-state index in [9.17, 15) is 14.0 Å². The normalized spacial score (nSPS) is 14.3. The minimum Gasteiger partial charge on any atom is -0.455 e. The number of halogens is 1. The van der Waals surface area contributed by atoms with Gasteiger partial charge in [0.25, 0.3) is 5.91 Å². The van der Waals surface area contributed by atoms with Crippen LogP contribution in [0.5, 0.6) is 0 Å². The van der Waals surface area contributed by atoms with Crippen molar-refractivity contribution >= 4 is 23.2 Å². The summed E-state index contributed by atoms with van der Waals surface area (Å²) < 4.78 is 18.6. The summed E-state index contributed by atoms with van der Waals surface area (Å²) in [5.41, 5.74) is 2.46. The zero-order valence-electron chi connectivity index (χ0n) is 17.6. The number of carbonyl (C=O) groups excluding carboxylic acids is 2. The van der Waals surface area contributed by atoms with E-state index in [1.807, 2.05) is 18.2 Å². The zero-order chi connectivity index (χ0) is 22.3. The first kappa shape index (κ1) is 22.1. The molecular weight excluding hydrogens is 429 g/mol. The monoisotopic (exact) mass is 453 g/mol. The number of nitrogens with zero attached hydrogens (tertiary/aromatic N) is 3. The van der Waals surface area contributed by atoms with Crippen molar-refractivity contribution in [2.45, 2.75) is 13.0 Å². The van der Waals surface area contributed by atoms with Gasteiger partial charge in [-0.05, 0) is 17.7 Å². The summed E-state index contributed by atoms with van der Waals surface area (Å²) in [6.07, 6.45) is -0.0239. The van der Waals surface area contributed by atoms with Gasteiger partial charge in [0, 0.05) is 43.7 Å². The number of hydrogen-bond acceptors (Lipinski definition) is 6. The Labute approximate surface area is 190 Å². The van der Waals surface area contributed by atoms with Crippen LogP contribution in [0.15, 0.2) is 60.0 Å².